The van der Waals surface area contributed by atoms with Gasteiger partial charge in [-0.2, -0.15) is 0 Å². The van der Waals surface area contributed by atoms with Crippen LogP contribution in [0.4, 0.5) is 11.4 Å². The SMILES string of the molecule is CC(=O)c1ccc(NC(=O)COC(=O)c2cccc(N3C(=O)[C@@H]4CC[C@@H](c5ccccc5)C[C@H]4C3=O)c2)cc1. The van der Waals surface area contributed by atoms with Gasteiger partial charge in [-0.1, -0.05) is 36.4 Å². The fourth-order valence-corrected chi connectivity index (χ4v) is 5.43. The van der Waals surface area contributed by atoms with Gasteiger partial charge in [-0.05, 0) is 80.1 Å². The fraction of sp³-hybridized carbons (Fsp3) is 0.258. The summed E-state index contributed by atoms with van der Waals surface area (Å²) in [7, 11) is 0. The minimum Gasteiger partial charge on any atom is -0.452 e. The Labute approximate surface area is 226 Å². The number of hydrogen-bond donors (Lipinski definition) is 1. The number of esters is 1. The maximum atomic E-state index is 13.4. The number of amides is 3. The molecule has 3 amide bonds. The number of carbonyl (C=O) groups excluding carboxylic acids is 5. The lowest BCUT2D eigenvalue weighted by Crippen LogP contribution is -2.31. The Morgan fingerprint density at radius 2 is 1.56 bits per heavy atom. The third-order valence-corrected chi connectivity index (χ3v) is 7.45. The molecule has 0 spiro atoms. The molecule has 1 aliphatic carbocycles. The summed E-state index contributed by atoms with van der Waals surface area (Å²) >= 11 is 0. The number of Topliss-reactive ketones (excluding diaryl/α,β-unsaturated/α-hetero) is 1. The van der Waals surface area contributed by atoms with Crippen LogP contribution in [0.15, 0.2) is 78.9 Å². The first kappa shape index (κ1) is 26.0. The Morgan fingerprint density at radius 3 is 2.28 bits per heavy atom. The molecule has 2 fully saturated rings. The van der Waals surface area contributed by atoms with Gasteiger partial charge in [0.05, 0.1) is 23.1 Å². The predicted molar refractivity (Wildman–Crippen MR) is 144 cm³/mol. The number of rotatable bonds is 7. The standard InChI is InChI=1S/C31H28N2O6/c1-19(34)20-10-13-24(14-11-20)32-28(35)18-39-31(38)23-8-5-9-25(16-23)33-29(36)26-15-12-22(17-27(26)30(33)37)21-6-3-2-4-7-21/h2-11,13-14,16,22,26-27H,12,15,17-18H2,1H3,(H,32,35)/t22-,26-,27-/m1/s1. The van der Waals surface area contributed by atoms with Crippen LogP contribution in [0.3, 0.4) is 0 Å². The molecule has 8 heteroatoms. The average Bonchev–Trinajstić information content (AvgIpc) is 3.21. The van der Waals surface area contributed by atoms with Crippen molar-refractivity contribution in [1.82, 2.24) is 0 Å². The first-order valence-corrected chi connectivity index (χ1v) is 12.9. The van der Waals surface area contributed by atoms with Crippen molar-refractivity contribution in [1.29, 1.82) is 0 Å². The lowest BCUT2D eigenvalue weighted by molar-refractivity contribution is -0.122. The molecule has 1 N–H and O–H groups in total. The van der Waals surface area contributed by atoms with Crippen LogP contribution in [-0.4, -0.2) is 36.1 Å². The van der Waals surface area contributed by atoms with Crippen LogP contribution in [0.25, 0.3) is 0 Å². The number of imide groups is 1. The zero-order chi connectivity index (χ0) is 27.5. The van der Waals surface area contributed by atoms with E-state index in [1.165, 1.54) is 29.5 Å². The predicted octanol–water partition coefficient (Wildman–Crippen LogP) is 4.76. The number of hydrogen-bond acceptors (Lipinski definition) is 6. The molecule has 3 aromatic rings. The van der Waals surface area contributed by atoms with Crippen molar-refractivity contribution >= 4 is 40.8 Å². The molecule has 198 valence electrons. The zero-order valence-corrected chi connectivity index (χ0v) is 21.5. The first-order chi connectivity index (χ1) is 18.8. The van der Waals surface area contributed by atoms with E-state index in [0.29, 0.717) is 29.8 Å². The largest absolute Gasteiger partial charge is 0.452 e. The highest BCUT2D eigenvalue weighted by Gasteiger charge is 2.50. The van der Waals surface area contributed by atoms with E-state index in [1.54, 1.807) is 36.4 Å². The Bertz CT molecular complexity index is 1430. The lowest BCUT2D eigenvalue weighted by Gasteiger charge is -2.28. The molecule has 5 rings (SSSR count). The number of carbonyl (C=O) groups is 5. The lowest BCUT2D eigenvalue weighted by atomic mass is 9.73. The van der Waals surface area contributed by atoms with E-state index in [0.717, 1.165) is 6.42 Å². The summed E-state index contributed by atoms with van der Waals surface area (Å²) in [6, 6.07) is 22.6. The number of ether oxygens (including phenoxy) is 1. The average molecular weight is 525 g/mol. The molecule has 0 radical (unpaired) electrons. The monoisotopic (exact) mass is 524 g/mol. The molecule has 3 aromatic carbocycles. The van der Waals surface area contributed by atoms with Crippen LogP contribution in [0.1, 0.15) is 58.4 Å². The smallest absolute Gasteiger partial charge is 0.338 e. The molecule has 1 heterocycles. The van der Waals surface area contributed by atoms with Gasteiger partial charge >= 0.3 is 5.97 Å². The van der Waals surface area contributed by atoms with Gasteiger partial charge in [-0.15, -0.1) is 0 Å². The van der Waals surface area contributed by atoms with E-state index in [1.807, 2.05) is 18.2 Å². The molecule has 0 bridgehead atoms. The Hall–Kier alpha value is -4.59. The second kappa shape index (κ2) is 11.0. The molecule has 0 unspecified atom stereocenters. The van der Waals surface area contributed by atoms with E-state index in [9.17, 15) is 24.0 Å². The topological polar surface area (TPSA) is 110 Å². The number of ketones is 1. The maximum absolute atomic E-state index is 13.4. The number of fused-ring (bicyclic) bond motifs is 1. The van der Waals surface area contributed by atoms with E-state index >= 15 is 0 Å². The molecular weight excluding hydrogens is 496 g/mol. The van der Waals surface area contributed by atoms with Crippen molar-refractivity contribution < 1.29 is 28.7 Å². The molecule has 8 nitrogen and oxygen atoms in total. The van der Waals surface area contributed by atoms with Crippen molar-refractivity contribution in [3.8, 4) is 0 Å². The molecule has 3 atom stereocenters. The third-order valence-electron chi connectivity index (χ3n) is 7.45. The molecule has 1 saturated carbocycles. The molecule has 2 aliphatic rings. The second-order valence-electron chi connectivity index (χ2n) is 9.95. The number of benzene rings is 3. The molecule has 39 heavy (non-hydrogen) atoms. The normalized spacial score (nSPS) is 20.3. The van der Waals surface area contributed by atoms with Gasteiger partial charge in [0.15, 0.2) is 12.4 Å². The van der Waals surface area contributed by atoms with Crippen LogP contribution < -0.4 is 10.2 Å². The first-order valence-electron chi connectivity index (χ1n) is 12.9. The van der Waals surface area contributed by atoms with E-state index in [4.69, 9.17) is 4.74 Å². The van der Waals surface area contributed by atoms with Crippen LogP contribution in [0.5, 0.6) is 0 Å². The van der Waals surface area contributed by atoms with Crippen LogP contribution in [0, 0.1) is 11.8 Å². The van der Waals surface area contributed by atoms with Gasteiger partial charge in [-0.25, -0.2) is 4.79 Å². The van der Waals surface area contributed by atoms with Crippen LogP contribution >= 0.6 is 0 Å². The number of nitrogens with one attached hydrogen (secondary N) is 1. The zero-order valence-electron chi connectivity index (χ0n) is 21.5. The van der Waals surface area contributed by atoms with Gasteiger partial charge < -0.3 is 10.1 Å². The molecular formula is C31H28N2O6. The van der Waals surface area contributed by atoms with Gasteiger partial charge in [0.2, 0.25) is 11.8 Å². The van der Waals surface area contributed by atoms with Gasteiger partial charge in [0.25, 0.3) is 5.91 Å². The Kier molecular flexibility index (Phi) is 7.36. The van der Waals surface area contributed by atoms with Crippen molar-refractivity contribution in [3.05, 3.63) is 95.6 Å². The summed E-state index contributed by atoms with van der Waals surface area (Å²) in [4.78, 5) is 64.1. The molecule has 0 aromatic heterocycles. The van der Waals surface area contributed by atoms with Gasteiger partial charge in [0, 0.05) is 11.3 Å². The highest BCUT2D eigenvalue weighted by atomic mass is 16.5. The van der Waals surface area contributed by atoms with Crippen LogP contribution in [0.2, 0.25) is 0 Å². The molecule has 1 saturated heterocycles. The number of anilines is 2. The summed E-state index contributed by atoms with van der Waals surface area (Å²) in [5, 5.41) is 2.60. The fourth-order valence-electron chi connectivity index (χ4n) is 5.43. The highest BCUT2D eigenvalue weighted by Crippen LogP contribution is 2.45. The highest BCUT2D eigenvalue weighted by molar-refractivity contribution is 6.22. The quantitative estimate of drug-likeness (QED) is 0.271. The van der Waals surface area contributed by atoms with Crippen LogP contribution in [-0.2, 0) is 19.1 Å². The minimum absolute atomic E-state index is 0.0866. The second-order valence-corrected chi connectivity index (χ2v) is 9.95. The molecule has 1 aliphatic heterocycles. The van der Waals surface area contributed by atoms with Gasteiger partial charge in [-0.3, -0.25) is 24.1 Å². The van der Waals surface area contributed by atoms with Gasteiger partial charge in [0.1, 0.15) is 0 Å². The number of nitrogens with zero attached hydrogens (tertiary/aromatic N) is 1. The van der Waals surface area contributed by atoms with Crippen molar-refractivity contribution in [2.45, 2.75) is 32.1 Å². The van der Waals surface area contributed by atoms with Crippen molar-refractivity contribution in [2.75, 3.05) is 16.8 Å². The Balaban J connectivity index is 1.22. The summed E-state index contributed by atoms with van der Waals surface area (Å²) in [6.07, 6.45) is 2.09. The summed E-state index contributed by atoms with van der Waals surface area (Å²) in [5.74, 6) is -2.39. The Morgan fingerprint density at radius 1 is 0.846 bits per heavy atom. The van der Waals surface area contributed by atoms with E-state index < -0.39 is 18.5 Å². The minimum atomic E-state index is -0.750. The van der Waals surface area contributed by atoms with E-state index in [-0.39, 0.29) is 40.9 Å². The third kappa shape index (κ3) is 5.50. The van der Waals surface area contributed by atoms with Crippen molar-refractivity contribution in [3.63, 3.8) is 0 Å². The van der Waals surface area contributed by atoms with E-state index in [2.05, 4.69) is 17.4 Å². The summed E-state index contributed by atoms with van der Waals surface area (Å²) in [5.41, 5.74) is 2.61. The summed E-state index contributed by atoms with van der Waals surface area (Å²) in [6.45, 7) is 0.927. The van der Waals surface area contributed by atoms with Crippen molar-refractivity contribution in [2.24, 2.45) is 11.8 Å². The summed E-state index contributed by atoms with van der Waals surface area (Å²) < 4.78 is 5.16. The maximum Gasteiger partial charge on any atom is 0.338 e.